The van der Waals surface area contributed by atoms with Crippen molar-refractivity contribution in [3.63, 3.8) is 0 Å². The van der Waals surface area contributed by atoms with Crippen molar-refractivity contribution in [3.8, 4) is 0 Å². The van der Waals surface area contributed by atoms with Gasteiger partial charge in [-0.25, -0.2) is 8.42 Å². The Morgan fingerprint density at radius 3 is 2.64 bits per heavy atom. The molecule has 1 fully saturated rings. The summed E-state index contributed by atoms with van der Waals surface area (Å²) in [5.74, 6) is 1.07. The summed E-state index contributed by atoms with van der Waals surface area (Å²) in [4.78, 5) is 18.3. The van der Waals surface area contributed by atoms with Gasteiger partial charge in [-0.1, -0.05) is 18.2 Å². The molecule has 1 aliphatic heterocycles. The first-order valence-corrected chi connectivity index (χ1v) is 17.8. The Morgan fingerprint density at radius 1 is 1.13 bits per heavy atom. The Bertz CT molecular complexity index is 1630. The number of benzene rings is 1. The maximum atomic E-state index is 13.3. The fourth-order valence-electron chi connectivity index (χ4n) is 6.43. The minimum Gasteiger partial charge on any atom is -0.494 e. The zero-order valence-corrected chi connectivity index (χ0v) is 26.9. The van der Waals surface area contributed by atoms with E-state index in [0.29, 0.717) is 24.4 Å². The quantitative estimate of drug-likeness (QED) is 0.309. The van der Waals surface area contributed by atoms with Crippen molar-refractivity contribution in [2.45, 2.75) is 69.7 Å². The molecule has 3 N–H and O–H groups in total. The number of nitrogens with one attached hydrogen (secondary N) is 2. The number of hydrogen-bond acceptors (Lipinski definition) is 8. The summed E-state index contributed by atoms with van der Waals surface area (Å²) < 4.78 is 32.8. The van der Waals surface area contributed by atoms with E-state index in [-0.39, 0.29) is 25.0 Å². The summed E-state index contributed by atoms with van der Waals surface area (Å²) in [5.41, 5.74) is 10.7. The van der Waals surface area contributed by atoms with Crippen LogP contribution in [0, 0.1) is 0 Å². The molecule has 1 aromatic carbocycles. The molecule has 5 aliphatic rings. The zero-order chi connectivity index (χ0) is 31.6. The monoisotopic (exact) mass is 633 g/mol. The molecule has 1 atom stereocenters. The number of sulfonamides is 1. The topological polar surface area (TPSA) is 124 Å². The minimum atomic E-state index is -3.62. The fraction of sp³-hybridized carbons (Fsp3) is 0.471. The molecule has 0 aromatic heterocycles. The Labute approximate surface area is 265 Å². The molecule has 0 saturated heterocycles. The Balaban J connectivity index is 1.24. The number of rotatable bonds is 11. The number of hydrogen-bond donors (Lipinski definition) is 3. The molecule has 10 nitrogen and oxygen atoms in total. The summed E-state index contributed by atoms with van der Waals surface area (Å²) in [6, 6.07) is 3.20. The van der Waals surface area contributed by atoms with Crippen molar-refractivity contribution in [1.29, 1.82) is 0 Å². The van der Waals surface area contributed by atoms with Gasteiger partial charge in [0.05, 0.1) is 36.5 Å². The molecule has 1 heterocycles. The van der Waals surface area contributed by atoms with Crippen LogP contribution in [0.4, 0.5) is 11.4 Å². The number of likely N-dealkylation sites (N-methyl/N-ethyl adjacent to an activating group) is 1. The lowest BCUT2D eigenvalue weighted by Gasteiger charge is -2.29. The number of allylic oxidation sites excluding steroid dienone is 9. The third-order valence-electron chi connectivity index (χ3n) is 8.91. The SMILES string of the molecule is CNC(=O)C1c2cc(C3CC3)c(N(CCO)S(C)(=O)=O)cc2NN1C1=CC=C(N=C2C=C(OCC3=CC=CCC3)CCC2)CC1. The van der Waals surface area contributed by atoms with E-state index in [1.807, 2.05) is 29.3 Å². The third kappa shape index (κ3) is 7.04. The number of ether oxygens (including phenoxy) is 1. The van der Waals surface area contributed by atoms with Gasteiger partial charge in [-0.3, -0.25) is 24.5 Å². The molecule has 45 heavy (non-hydrogen) atoms. The van der Waals surface area contributed by atoms with E-state index in [1.54, 1.807) is 7.05 Å². The van der Waals surface area contributed by atoms with Crippen LogP contribution >= 0.6 is 0 Å². The first-order chi connectivity index (χ1) is 21.7. The highest BCUT2D eigenvalue weighted by molar-refractivity contribution is 7.92. The molecular weight excluding hydrogens is 590 g/mol. The molecule has 0 bridgehead atoms. The number of hydrazine groups is 1. The first kappa shape index (κ1) is 31.2. The van der Waals surface area contributed by atoms with E-state index in [1.165, 1.54) is 9.88 Å². The number of carbonyl (C=O) groups is 1. The van der Waals surface area contributed by atoms with Gasteiger partial charge in [0, 0.05) is 36.1 Å². The second-order valence-electron chi connectivity index (χ2n) is 12.3. The summed E-state index contributed by atoms with van der Waals surface area (Å²) in [7, 11) is -1.99. The molecule has 11 heteroatoms. The molecule has 240 valence electrons. The third-order valence-corrected chi connectivity index (χ3v) is 10.1. The molecule has 1 amide bonds. The van der Waals surface area contributed by atoms with E-state index < -0.39 is 16.1 Å². The molecular formula is C34H43N5O5S. The molecule has 1 aromatic rings. The van der Waals surface area contributed by atoms with Crippen LogP contribution in [0.5, 0.6) is 0 Å². The van der Waals surface area contributed by atoms with Crippen LogP contribution in [0.15, 0.2) is 76.3 Å². The summed E-state index contributed by atoms with van der Waals surface area (Å²) in [6.45, 7) is 0.313. The molecule has 1 unspecified atom stereocenters. The van der Waals surface area contributed by atoms with Gasteiger partial charge in [-0.05, 0) is 98.8 Å². The van der Waals surface area contributed by atoms with Gasteiger partial charge in [-0.2, -0.15) is 0 Å². The van der Waals surface area contributed by atoms with Gasteiger partial charge >= 0.3 is 0 Å². The smallest absolute Gasteiger partial charge is 0.249 e. The van der Waals surface area contributed by atoms with Crippen LogP contribution in [0.1, 0.15) is 80.9 Å². The normalized spacial score (nSPS) is 22.2. The Hall–Kier alpha value is -3.83. The maximum absolute atomic E-state index is 13.3. The minimum absolute atomic E-state index is 0.0281. The van der Waals surface area contributed by atoms with Crippen LogP contribution in [0.3, 0.4) is 0 Å². The van der Waals surface area contributed by atoms with Gasteiger partial charge in [0.25, 0.3) is 0 Å². The van der Waals surface area contributed by atoms with Crippen molar-refractivity contribution in [2.75, 3.05) is 42.8 Å². The van der Waals surface area contributed by atoms with Gasteiger partial charge in [0.15, 0.2) is 6.04 Å². The predicted octanol–water partition coefficient (Wildman–Crippen LogP) is 5.12. The van der Waals surface area contributed by atoms with Crippen LogP contribution < -0.4 is 15.0 Å². The second-order valence-corrected chi connectivity index (χ2v) is 14.2. The van der Waals surface area contributed by atoms with Crippen molar-refractivity contribution in [2.24, 2.45) is 4.99 Å². The van der Waals surface area contributed by atoms with Crippen LogP contribution in [-0.2, 0) is 19.6 Å². The average Bonchev–Trinajstić information content (AvgIpc) is 3.82. The van der Waals surface area contributed by atoms with E-state index in [4.69, 9.17) is 9.73 Å². The lowest BCUT2D eigenvalue weighted by Crippen LogP contribution is -2.37. The lowest BCUT2D eigenvalue weighted by atomic mass is 9.97. The largest absolute Gasteiger partial charge is 0.494 e. The number of carbonyl (C=O) groups excluding carboxylic acids is 1. The van der Waals surface area contributed by atoms with E-state index in [9.17, 15) is 18.3 Å². The highest BCUT2D eigenvalue weighted by Gasteiger charge is 2.40. The summed E-state index contributed by atoms with van der Waals surface area (Å²) in [6.07, 6.45) is 22.0. The van der Waals surface area contributed by atoms with Crippen molar-refractivity contribution < 1.29 is 23.1 Å². The number of anilines is 2. The zero-order valence-electron chi connectivity index (χ0n) is 26.1. The molecule has 0 radical (unpaired) electrons. The first-order valence-electron chi connectivity index (χ1n) is 15.9. The summed E-state index contributed by atoms with van der Waals surface area (Å²) in [5, 5.41) is 14.4. The van der Waals surface area contributed by atoms with E-state index in [2.05, 4.69) is 35.0 Å². The second kappa shape index (κ2) is 13.3. The number of amides is 1. The number of aliphatic hydroxyl groups is 1. The Morgan fingerprint density at radius 2 is 1.98 bits per heavy atom. The van der Waals surface area contributed by atoms with E-state index in [0.717, 1.165) is 91.6 Å². The lowest BCUT2D eigenvalue weighted by molar-refractivity contribution is -0.124. The van der Waals surface area contributed by atoms with Gasteiger partial charge in [0.2, 0.25) is 15.9 Å². The average molecular weight is 634 g/mol. The van der Waals surface area contributed by atoms with Crippen molar-refractivity contribution in [1.82, 2.24) is 10.3 Å². The predicted molar refractivity (Wildman–Crippen MR) is 177 cm³/mol. The fourth-order valence-corrected chi connectivity index (χ4v) is 7.36. The van der Waals surface area contributed by atoms with Crippen molar-refractivity contribution >= 4 is 33.0 Å². The number of aliphatic imine (C=N–C) groups is 1. The highest BCUT2D eigenvalue weighted by atomic mass is 32.2. The highest BCUT2D eigenvalue weighted by Crippen LogP contribution is 2.50. The van der Waals surface area contributed by atoms with Crippen LogP contribution in [-0.4, -0.2) is 63.2 Å². The van der Waals surface area contributed by atoms with Gasteiger partial charge in [0.1, 0.15) is 6.61 Å². The standard InChI is InChI=1S/C34H43N5O5S/c1-35-34(41)33-30-20-29(24-11-12-24)32(38(17-18-40)45(2,42)43)21-31(30)37-39(33)27-15-13-25(14-16-27)36-26-9-6-10-28(19-26)44-22-23-7-4-3-5-8-23/h3-4,7,13,15,19-21,24,33,37,40H,5-6,8-12,14,16-18,22H2,1-2H3,(H,35,41). The number of fused-ring (bicyclic) bond motifs is 1. The molecule has 1 saturated carbocycles. The number of aliphatic hydroxyl groups excluding tert-OH is 1. The van der Waals surface area contributed by atoms with Gasteiger partial charge < -0.3 is 15.2 Å². The maximum Gasteiger partial charge on any atom is 0.249 e. The molecule has 4 aliphatic carbocycles. The van der Waals surface area contributed by atoms with Gasteiger partial charge in [-0.15, -0.1) is 0 Å². The molecule has 0 spiro atoms. The number of nitrogens with zero attached hydrogens (tertiary/aromatic N) is 3. The molecule has 6 rings (SSSR count). The van der Waals surface area contributed by atoms with E-state index >= 15 is 0 Å². The summed E-state index contributed by atoms with van der Waals surface area (Å²) >= 11 is 0. The van der Waals surface area contributed by atoms with Crippen LogP contribution in [0.2, 0.25) is 0 Å². The van der Waals surface area contributed by atoms with Crippen molar-refractivity contribution in [3.05, 3.63) is 82.4 Å². The van der Waals surface area contributed by atoms with Crippen LogP contribution in [0.25, 0.3) is 0 Å². The Kier molecular flexibility index (Phi) is 9.18.